The Morgan fingerprint density at radius 2 is 1.89 bits per heavy atom. The van der Waals surface area contributed by atoms with E-state index in [2.05, 4.69) is 26.8 Å². The van der Waals surface area contributed by atoms with Gasteiger partial charge in [0.15, 0.2) is 0 Å². The fourth-order valence-electron chi connectivity index (χ4n) is 8.34. The van der Waals surface area contributed by atoms with E-state index in [4.69, 9.17) is 4.74 Å². The number of fused-ring (bicyclic) bond motifs is 5. The van der Waals surface area contributed by atoms with Gasteiger partial charge in [0.1, 0.15) is 11.9 Å². The zero-order chi connectivity index (χ0) is 20.3. The van der Waals surface area contributed by atoms with Crippen molar-refractivity contribution in [2.45, 2.75) is 92.1 Å². The van der Waals surface area contributed by atoms with Crippen LogP contribution in [0.25, 0.3) is 0 Å². The normalized spacial score (nSPS) is 47.4. The fourth-order valence-corrected chi connectivity index (χ4v) is 8.34. The maximum atomic E-state index is 12.6. The molecule has 0 aromatic rings. The summed E-state index contributed by atoms with van der Waals surface area (Å²) in [6, 6.07) is 0. The SMILES string of the molecule is CC[C@@H]1C[C@@H]2[C@H]3CC=C4C[C@@H](OC(C)=O)CC[C@]4(C)[C@@H]3CC[C@@]2(C)[C@@H]1C(C)=O. The van der Waals surface area contributed by atoms with Crippen molar-refractivity contribution in [3.63, 3.8) is 0 Å². The van der Waals surface area contributed by atoms with Crippen LogP contribution in [0.2, 0.25) is 0 Å². The van der Waals surface area contributed by atoms with Gasteiger partial charge in [-0.1, -0.05) is 38.8 Å². The van der Waals surface area contributed by atoms with Crippen LogP contribution in [0, 0.1) is 40.4 Å². The Bertz CT molecular complexity index is 694. The lowest BCUT2D eigenvalue weighted by molar-refractivity contribution is -0.149. The third kappa shape index (κ3) is 2.91. The maximum Gasteiger partial charge on any atom is 0.302 e. The number of ketones is 1. The predicted molar refractivity (Wildman–Crippen MR) is 111 cm³/mol. The molecule has 0 spiro atoms. The smallest absolute Gasteiger partial charge is 0.302 e. The lowest BCUT2D eigenvalue weighted by atomic mass is 9.47. The lowest BCUT2D eigenvalue weighted by Gasteiger charge is -2.58. The van der Waals surface area contributed by atoms with E-state index in [9.17, 15) is 9.59 Å². The van der Waals surface area contributed by atoms with E-state index in [-0.39, 0.29) is 28.8 Å². The first-order valence-electron chi connectivity index (χ1n) is 11.6. The molecule has 4 aliphatic rings. The Morgan fingerprint density at radius 3 is 2.54 bits per heavy atom. The molecule has 4 aliphatic carbocycles. The molecule has 0 amide bonds. The largest absolute Gasteiger partial charge is 0.462 e. The number of rotatable bonds is 3. The average molecular weight is 387 g/mol. The summed E-state index contributed by atoms with van der Waals surface area (Å²) in [5, 5.41) is 0. The maximum absolute atomic E-state index is 12.6. The number of ether oxygens (including phenoxy) is 1. The van der Waals surface area contributed by atoms with Crippen LogP contribution in [0.1, 0.15) is 86.0 Å². The van der Waals surface area contributed by atoms with E-state index in [0.29, 0.717) is 17.6 Å². The second-order valence-corrected chi connectivity index (χ2v) is 10.8. The number of Topliss-reactive ketones (excluding diaryl/α,β-unsaturated/α-hetero) is 1. The molecule has 28 heavy (non-hydrogen) atoms. The van der Waals surface area contributed by atoms with E-state index < -0.39 is 0 Å². The van der Waals surface area contributed by atoms with E-state index in [0.717, 1.165) is 43.9 Å². The highest BCUT2D eigenvalue weighted by Gasteiger charge is 2.61. The monoisotopic (exact) mass is 386 g/mol. The van der Waals surface area contributed by atoms with Gasteiger partial charge < -0.3 is 4.74 Å². The lowest BCUT2D eigenvalue weighted by Crippen LogP contribution is -2.51. The molecule has 3 fully saturated rings. The van der Waals surface area contributed by atoms with Gasteiger partial charge in [-0.05, 0) is 80.0 Å². The molecule has 0 unspecified atom stereocenters. The third-order valence-corrected chi connectivity index (χ3v) is 9.53. The first kappa shape index (κ1) is 20.2. The summed E-state index contributed by atoms with van der Waals surface area (Å²) in [6.07, 6.45) is 11.6. The highest BCUT2D eigenvalue weighted by Crippen LogP contribution is 2.67. The number of hydrogen-bond donors (Lipinski definition) is 0. The van der Waals surface area contributed by atoms with Crippen LogP contribution in [0.3, 0.4) is 0 Å². The quantitative estimate of drug-likeness (QED) is 0.460. The summed E-state index contributed by atoms with van der Waals surface area (Å²) < 4.78 is 5.56. The van der Waals surface area contributed by atoms with Crippen molar-refractivity contribution < 1.29 is 14.3 Å². The Balaban J connectivity index is 1.61. The van der Waals surface area contributed by atoms with Gasteiger partial charge >= 0.3 is 5.97 Å². The van der Waals surface area contributed by atoms with Gasteiger partial charge in [-0.15, -0.1) is 0 Å². The van der Waals surface area contributed by atoms with Crippen LogP contribution < -0.4 is 0 Å². The van der Waals surface area contributed by atoms with Crippen molar-refractivity contribution in [1.82, 2.24) is 0 Å². The van der Waals surface area contributed by atoms with Gasteiger partial charge in [-0.25, -0.2) is 0 Å². The zero-order valence-electron chi connectivity index (χ0n) is 18.4. The molecule has 0 heterocycles. The Morgan fingerprint density at radius 1 is 1.14 bits per heavy atom. The van der Waals surface area contributed by atoms with Gasteiger partial charge in [0.25, 0.3) is 0 Å². The highest BCUT2D eigenvalue weighted by atomic mass is 16.5. The van der Waals surface area contributed by atoms with Gasteiger partial charge in [-0.3, -0.25) is 9.59 Å². The molecule has 0 aromatic carbocycles. The number of allylic oxidation sites excluding steroid dienone is 1. The second kappa shape index (κ2) is 6.99. The molecule has 0 aromatic heterocycles. The number of hydrogen-bond acceptors (Lipinski definition) is 3. The molecule has 0 aliphatic heterocycles. The summed E-state index contributed by atoms with van der Waals surface area (Å²) >= 11 is 0. The minimum Gasteiger partial charge on any atom is -0.462 e. The minimum absolute atomic E-state index is 0.0697. The summed E-state index contributed by atoms with van der Waals surface area (Å²) in [4.78, 5) is 24.0. The number of esters is 1. The van der Waals surface area contributed by atoms with Crippen molar-refractivity contribution in [2.75, 3.05) is 0 Å². The molecule has 0 bridgehead atoms. The van der Waals surface area contributed by atoms with Gasteiger partial charge in [0.2, 0.25) is 0 Å². The van der Waals surface area contributed by atoms with Crippen LogP contribution in [0.4, 0.5) is 0 Å². The van der Waals surface area contributed by atoms with Crippen molar-refractivity contribution in [3.8, 4) is 0 Å². The highest BCUT2D eigenvalue weighted by molar-refractivity contribution is 5.80. The van der Waals surface area contributed by atoms with E-state index in [1.807, 2.05) is 6.92 Å². The first-order valence-corrected chi connectivity index (χ1v) is 11.6. The second-order valence-electron chi connectivity index (χ2n) is 10.8. The molecule has 0 N–H and O–H groups in total. The Labute approximate surface area is 170 Å². The topological polar surface area (TPSA) is 43.4 Å². The first-order chi connectivity index (χ1) is 13.2. The van der Waals surface area contributed by atoms with Gasteiger partial charge in [0, 0.05) is 19.3 Å². The van der Waals surface area contributed by atoms with Crippen LogP contribution >= 0.6 is 0 Å². The molecule has 8 atom stereocenters. The molecule has 156 valence electrons. The molecular formula is C25H38O3. The predicted octanol–water partition coefficient (Wildman–Crippen LogP) is 5.72. The van der Waals surface area contributed by atoms with Crippen molar-refractivity contribution >= 4 is 11.8 Å². The van der Waals surface area contributed by atoms with Crippen LogP contribution in [-0.2, 0) is 14.3 Å². The summed E-state index contributed by atoms with van der Waals surface area (Å²) in [7, 11) is 0. The third-order valence-electron chi connectivity index (χ3n) is 9.53. The molecular weight excluding hydrogens is 348 g/mol. The molecule has 0 saturated heterocycles. The summed E-state index contributed by atoms with van der Waals surface area (Å²) in [5.41, 5.74) is 2.00. The standard InChI is InChI=1S/C25H38O3/c1-6-17-13-22-20-8-7-18-14-19(28-16(3)27)9-11-24(18,4)21(20)10-12-25(22,5)23(17)15(2)26/h7,17,19-23H,6,8-14H2,1-5H3/t17-,19+,20+,21-,22-,23-,24+,25-/m1/s1. The molecule has 4 rings (SSSR count). The molecule has 3 saturated carbocycles. The van der Waals surface area contributed by atoms with Crippen LogP contribution in [0.5, 0.6) is 0 Å². The molecule has 3 heteroatoms. The average Bonchev–Trinajstić information content (AvgIpc) is 2.94. The molecule has 3 nitrogen and oxygen atoms in total. The number of carbonyl (C=O) groups is 2. The minimum atomic E-state index is -0.150. The Kier molecular flexibility index (Phi) is 5.03. The van der Waals surface area contributed by atoms with E-state index in [1.165, 1.54) is 26.2 Å². The summed E-state index contributed by atoms with van der Waals surface area (Å²) in [5.74, 6) is 3.25. The summed E-state index contributed by atoms with van der Waals surface area (Å²) in [6.45, 7) is 10.6. The van der Waals surface area contributed by atoms with Crippen molar-refractivity contribution in [3.05, 3.63) is 11.6 Å². The van der Waals surface area contributed by atoms with E-state index >= 15 is 0 Å². The fraction of sp³-hybridized carbons (Fsp3) is 0.840. The Hall–Kier alpha value is -1.12. The van der Waals surface area contributed by atoms with Crippen molar-refractivity contribution in [1.29, 1.82) is 0 Å². The van der Waals surface area contributed by atoms with Crippen LogP contribution in [0.15, 0.2) is 11.6 Å². The van der Waals surface area contributed by atoms with Crippen LogP contribution in [-0.4, -0.2) is 17.9 Å². The van der Waals surface area contributed by atoms with E-state index in [1.54, 1.807) is 5.57 Å². The van der Waals surface area contributed by atoms with Gasteiger partial charge in [0.05, 0.1) is 0 Å². The number of carbonyl (C=O) groups excluding carboxylic acids is 2. The van der Waals surface area contributed by atoms with Gasteiger partial charge in [-0.2, -0.15) is 0 Å². The molecule has 0 radical (unpaired) electrons. The van der Waals surface area contributed by atoms with Crippen molar-refractivity contribution in [2.24, 2.45) is 40.4 Å². The zero-order valence-corrected chi connectivity index (χ0v) is 18.4.